The number of aromatic nitrogens is 4. The van der Waals surface area contributed by atoms with Crippen molar-refractivity contribution in [3.63, 3.8) is 0 Å². The Kier molecular flexibility index (Phi) is 8.17. The Labute approximate surface area is 297 Å². The number of likely N-dealkylation sites (tertiary alicyclic amines) is 2. The van der Waals surface area contributed by atoms with Gasteiger partial charge in [-0.1, -0.05) is 26.0 Å². The number of fused-ring (bicyclic) bond motifs is 3. The predicted molar refractivity (Wildman–Crippen MR) is 194 cm³/mol. The largest absolute Gasteiger partial charge is 0.384 e. The van der Waals surface area contributed by atoms with Gasteiger partial charge in [0.15, 0.2) is 11.6 Å². The molecule has 0 unspecified atom stereocenters. The summed E-state index contributed by atoms with van der Waals surface area (Å²) < 4.78 is 16.8. The highest BCUT2D eigenvalue weighted by atomic mass is 19.1. The summed E-state index contributed by atoms with van der Waals surface area (Å²) in [4.78, 5) is 47.5. The molecule has 0 bridgehead atoms. The van der Waals surface area contributed by atoms with E-state index in [1.807, 2.05) is 16.7 Å². The van der Waals surface area contributed by atoms with E-state index in [-0.39, 0.29) is 29.6 Å². The van der Waals surface area contributed by atoms with Crippen molar-refractivity contribution in [2.75, 3.05) is 36.4 Å². The lowest BCUT2D eigenvalue weighted by molar-refractivity contribution is -0.142. The second kappa shape index (κ2) is 12.4. The Morgan fingerprint density at radius 1 is 1.04 bits per heavy atom. The van der Waals surface area contributed by atoms with Crippen LogP contribution >= 0.6 is 0 Å². The number of anilines is 3. The number of carbonyl (C=O) groups is 2. The van der Waals surface area contributed by atoms with Crippen LogP contribution in [0.4, 0.5) is 21.6 Å². The Bertz CT molecular complexity index is 2010. The molecule has 2 N–H and O–H groups in total. The van der Waals surface area contributed by atoms with Gasteiger partial charge < -0.3 is 24.8 Å². The fourth-order valence-electron chi connectivity index (χ4n) is 8.79. The monoisotopic (exact) mass is 694 g/mol. The van der Waals surface area contributed by atoms with E-state index in [2.05, 4.69) is 59.9 Å². The number of hydrogen-bond acceptors (Lipinski definition) is 8. The fraction of sp³-hybridized carbons (Fsp3) is 0.513. The van der Waals surface area contributed by atoms with Crippen molar-refractivity contribution in [1.82, 2.24) is 29.3 Å². The molecule has 11 nitrogen and oxygen atoms in total. The van der Waals surface area contributed by atoms with Crippen molar-refractivity contribution in [2.45, 2.75) is 96.4 Å². The van der Waals surface area contributed by atoms with E-state index in [0.717, 1.165) is 53.8 Å². The average molecular weight is 695 g/mol. The molecule has 268 valence electrons. The molecule has 0 radical (unpaired) electrons. The van der Waals surface area contributed by atoms with Crippen LogP contribution in [-0.2, 0) is 15.0 Å². The average Bonchev–Trinajstić information content (AvgIpc) is 3.74. The van der Waals surface area contributed by atoms with Crippen LogP contribution in [0.2, 0.25) is 0 Å². The maximum atomic E-state index is 14.8. The van der Waals surface area contributed by atoms with Gasteiger partial charge in [-0.3, -0.25) is 19.5 Å². The number of imidazole rings is 1. The molecule has 8 rings (SSSR count). The molecule has 1 spiro atoms. The summed E-state index contributed by atoms with van der Waals surface area (Å²) in [5, 5.41) is 13.2. The third kappa shape index (κ3) is 5.67. The van der Waals surface area contributed by atoms with E-state index in [9.17, 15) is 19.1 Å². The third-order valence-electron chi connectivity index (χ3n) is 11.8. The summed E-state index contributed by atoms with van der Waals surface area (Å²) in [5.41, 5.74) is 4.73. The molecule has 1 aliphatic carbocycles. The zero-order chi connectivity index (χ0) is 35.8. The number of nitrogens with zero attached hydrogens (tertiary/aromatic N) is 7. The molecule has 4 aliphatic rings. The molecule has 3 aromatic heterocycles. The van der Waals surface area contributed by atoms with Crippen molar-refractivity contribution in [3.05, 3.63) is 60.4 Å². The summed E-state index contributed by atoms with van der Waals surface area (Å²) >= 11 is 0. The molecule has 2 saturated heterocycles. The Morgan fingerprint density at radius 2 is 1.80 bits per heavy atom. The maximum absolute atomic E-state index is 14.8. The van der Waals surface area contributed by atoms with Gasteiger partial charge >= 0.3 is 0 Å². The SMILES string of the molecule is CC(C)n1cnc2cc(-c3ccc4c(c3)N(C3CC(N5CCC(C)(C)C5)C3)C(=O)C43CCN(C(=O)[C@@H](C)O)CC3)nc(Nc3ccncc3F)c21. The number of rotatable bonds is 7. The molecular formula is C39H47FN8O3. The predicted octanol–water partition coefficient (Wildman–Crippen LogP) is 5.81. The molecule has 12 heteroatoms. The lowest BCUT2D eigenvalue weighted by atomic mass is 9.73. The zero-order valence-electron chi connectivity index (χ0n) is 30.1. The first-order valence-electron chi connectivity index (χ1n) is 18.3. The summed E-state index contributed by atoms with van der Waals surface area (Å²) in [6, 6.07) is 10.4. The normalized spacial score (nSPS) is 23.3. The van der Waals surface area contributed by atoms with Crippen molar-refractivity contribution in [1.29, 1.82) is 0 Å². The van der Waals surface area contributed by atoms with Crippen LogP contribution in [0.25, 0.3) is 22.3 Å². The third-order valence-corrected chi connectivity index (χ3v) is 11.8. The number of piperidine rings is 1. The Morgan fingerprint density at radius 3 is 2.47 bits per heavy atom. The van der Waals surface area contributed by atoms with Gasteiger partial charge in [0.1, 0.15) is 11.6 Å². The molecule has 2 amide bonds. The van der Waals surface area contributed by atoms with E-state index < -0.39 is 17.3 Å². The van der Waals surface area contributed by atoms with Crippen LogP contribution in [-0.4, -0.2) is 90.6 Å². The van der Waals surface area contributed by atoms with Gasteiger partial charge in [-0.25, -0.2) is 14.4 Å². The van der Waals surface area contributed by atoms with E-state index in [0.29, 0.717) is 48.9 Å². The molecule has 6 heterocycles. The Hall–Kier alpha value is -4.42. The number of carbonyl (C=O) groups excluding carboxylic acids is 2. The Balaban J connectivity index is 1.18. The van der Waals surface area contributed by atoms with E-state index in [1.54, 1.807) is 17.3 Å². The summed E-state index contributed by atoms with van der Waals surface area (Å²) in [5.74, 6) is -0.189. The first kappa shape index (κ1) is 33.7. The van der Waals surface area contributed by atoms with Gasteiger partial charge in [0, 0.05) is 55.2 Å². The highest BCUT2D eigenvalue weighted by Crippen LogP contribution is 2.52. The van der Waals surface area contributed by atoms with Gasteiger partial charge in [0.2, 0.25) is 5.91 Å². The lowest BCUT2D eigenvalue weighted by Gasteiger charge is -2.46. The first-order valence-corrected chi connectivity index (χ1v) is 18.3. The minimum atomic E-state index is -1.07. The van der Waals surface area contributed by atoms with Crippen molar-refractivity contribution >= 4 is 40.0 Å². The maximum Gasteiger partial charge on any atom is 0.251 e. The van der Waals surface area contributed by atoms with Crippen LogP contribution < -0.4 is 10.2 Å². The highest BCUT2D eigenvalue weighted by Gasteiger charge is 2.56. The molecule has 4 aromatic rings. The molecule has 1 atom stereocenters. The topological polar surface area (TPSA) is 120 Å². The first-order chi connectivity index (χ1) is 24.3. The van der Waals surface area contributed by atoms with Crippen LogP contribution in [0.1, 0.15) is 78.3 Å². The molecule has 1 saturated carbocycles. The molecular weight excluding hydrogens is 647 g/mol. The number of amides is 2. The minimum absolute atomic E-state index is 0.0841. The van der Waals surface area contributed by atoms with Gasteiger partial charge in [-0.05, 0) is 88.6 Å². The van der Waals surface area contributed by atoms with E-state index in [4.69, 9.17) is 9.97 Å². The van der Waals surface area contributed by atoms with Crippen LogP contribution in [0, 0.1) is 11.2 Å². The second-order valence-corrected chi connectivity index (χ2v) is 16.1. The van der Waals surface area contributed by atoms with Gasteiger partial charge in [0.25, 0.3) is 5.91 Å². The van der Waals surface area contributed by atoms with Gasteiger partial charge in [-0.15, -0.1) is 0 Å². The smallest absolute Gasteiger partial charge is 0.251 e. The number of hydrogen-bond donors (Lipinski definition) is 2. The molecule has 51 heavy (non-hydrogen) atoms. The summed E-state index contributed by atoms with van der Waals surface area (Å²) in [6.45, 7) is 13.3. The summed E-state index contributed by atoms with van der Waals surface area (Å²) in [7, 11) is 0. The zero-order valence-corrected chi connectivity index (χ0v) is 30.1. The lowest BCUT2D eigenvalue weighted by Crippen LogP contribution is -2.58. The second-order valence-electron chi connectivity index (χ2n) is 16.1. The quantitative estimate of drug-likeness (QED) is 0.249. The van der Waals surface area contributed by atoms with E-state index >= 15 is 0 Å². The number of aliphatic hydroxyl groups is 1. The number of pyridine rings is 2. The fourth-order valence-corrected chi connectivity index (χ4v) is 8.79. The molecule has 1 aromatic carbocycles. The van der Waals surface area contributed by atoms with Crippen LogP contribution in [0.3, 0.4) is 0 Å². The highest BCUT2D eigenvalue weighted by molar-refractivity contribution is 6.09. The minimum Gasteiger partial charge on any atom is -0.384 e. The molecule has 3 fully saturated rings. The van der Waals surface area contributed by atoms with Crippen LogP contribution in [0.15, 0.2) is 49.1 Å². The number of halogens is 1. The number of nitrogens with one attached hydrogen (secondary N) is 1. The number of benzene rings is 1. The van der Waals surface area contributed by atoms with Gasteiger partial charge in [-0.2, -0.15) is 0 Å². The number of aliphatic hydroxyl groups excluding tert-OH is 1. The van der Waals surface area contributed by atoms with Crippen molar-refractivity contribution in [2.24, 2.45) is 5.41 Å². The van der Waals surface area contributed by atoms with Crippen molar-refractivity contribution < 1.29 is 19.1 Å². The summed E-state index contributed by atoms with van der Waals surface area (Å²) in [6.07, 6.45) is 7.47. The van der Waals surface area contributed by atoms with E-state index in [1.165, 1.54) is 25.7 Å². The van der Waals surface area contributed by atoms with Gasteiger partial charge in [0.05, 0.1) is 34.8 Å². The van der Waals surface area contributed by atoms with Crippen LogP contribution in [0.5, 0.6) is 0 Å². The molecule has 3 aliphatic heterocycles. The standard InChI is InChI=1S/C39H47FN8O3/c1-23(2)47-22-42-32-19-31(44-35(34(32)47)43-30-8-12-41-20-29(30)40)25-6-7-28-33(16-25)48(27-17-26(18-27)46-13-9-38(4,5)21-46)37(51)39(28)10-14-45(15-11-39)36(50)24(3)49/h6-8,12,16,19-20,22-24,26-27,49H,9-11,13-15,17-18,21H2,1-5H3,(H,41,43,44)/t24-,26?,27?/m1/s1. The van der Waals surface area contributed by atoms with Crippen molar-refractivity contribution in [3.8, 4) is 11.3 Å².